The molecule has 1 rings (SSSR count). The van der Waals surface area contributed by atoms with Crippen molar-refractivity contribution in [2.45, 2.75) is 38.3 Å². The highest BCUT2D eigenvalue weighted by molar-refractivity contribution is 5.82. The van der Waals surface area contributed by atoms with Gasteiger partial charge in [-0.15, -0.1) is 0 Å². The molecule has 0 fully saturated rings. The summed E-state index contributed by atoms with van der Waals surface area (Å²) in [6, 6.07) is 5.90. The number of benzene rings is 1. The Morgan fingerprint density at radius 3 is 2.47 bits per heavy atom. The quantitative estimate of drug-likeness (QED) is 0.604. The average molecular weight is 266 g/mol. The Hall–Kier alpha value is -1.59. The van der Waals surface area contributed by atoms with Crippen LogP contribution in [0.25, 0.3) is 0 Å². The van der Waals surface area contributed by atoms with Gasteiger partial charge in [-0.1, -0.05) is 19.1 Å². The van der Waals surface area contributed by atoms with Crippen LogP contribution in [0, 0.1) is 0 Å². The molecule has 1 amide bonds. The molecule has 19 heavy (non-hydrogen) atoms. The van der Waals surface area contributed by atoms with Crippen molar-refractivity contribution in [3.63, 3.8) is 0 Å². The molecule has 0 bridgehead atoms. The normalized spacial score (nSPS) is 15.6. The molecular formula is C14H22N2O3. The Kier molecular flexibility index (Phi) is 5.32. The number of phenols is 1. The van der Waals surface area contributed by atoms with Crippen molar-refractivity contribution >= 4 is 5.91 Å². The Bertz CT molecular complexity index is 413. The summed E-state index contributed by atoms with van der Waals surface area (Å²) in [5, 5.41) is 21.2. The van der Waals surface area contributed by atoms with E-state index in [2.05, 4.69) is 5.32 Å². The van der Waals surface area contributed by atoms with Crippen molar-refractivity contribution in [1.29, 1.82) is 0 Å². The summed E-state index contributed by atoms with van der Waals surface area (Å²) in [5.74, 6) is -0.105. The van der Waals surface area contributed by atoms with E-state index in [9.17, 15) is 15.0 Å². The SMILES string of the molecule is CCC(C)(CO)NC(=O)[C@@H](N)Cc1ccc(O)cc1. The topological polar surface area (TPSA) is 95.6 Å². The van der Waals surface area contributed by atoms with Gasteiger partial charge in [0.05, 0.1) is 18.2 Å². The molecule has 0 radical (unpaired) electrons. The van der Waals surface area contributed by atoms with Gasteiger partial charge >= 0.3 is 0 Å². The summed E-state index contributed by atoms with van der Waals surface area (Å²) in [6.45, 7) is 3.54. The van der Waals surface area contributed by atoms with E-state index < -0.39 is 11.6 Å². The lowest BCUT2D eigenvalue weighted by Crippen LogP contribution is -2.54. The smallest absolute Gasteiger partial charge is 0.237 e. The fourth-order valence-corrected chi connectivity index (χ4v) is 1.61. The fourth-order valence-electron chi connectivity index (χ4n) is 1.61. The van der Waals surface area contributed by atoms with Crippen LogP contribution >= 0.6 is 0 Å². The monoisotopic (exact) mass is 266 g/mol. The second-order valence-corrected chi connectivity index (χ2v) is 5.04. The van der Waals surface area contributed by atoms with Crippen LogP contribution in [0.3, 0.4) is 0 Å². The molecular weight excluding hydrogens is 244 g/mol. The first-order valence-electron chi connectivity index (χ1n) is 6.36. The number of carbonyl (C=O) groups excluding carboxylic acids is 1. The van der Waals surface area contributed by atoms with Crippen LogP contribution in [0.15, 0.2) is 24.3 Å². The fraction of sp³-hybridized carbons (Fsp3) is 0.500. The molecule has 2 atom stereocenters. The minimum atomic E-state index is -0.679. The van der Waals surface area contributed by atoms with Gasteiger partial charge in [-0.2, -0.15) is 0 Å². The molecule has 0 heterocycles. The van der Waals surface area contributed by atoms with Crippen molar-refractivity contribution in [3.05, 3.63) is 29.8 Å². The maximum absolute atomic E-state index is 12.0. The molecule has 0 aliphatic rings. The Morgan fingerprint density at radius 1 is 1.42 bits per heavy atom. The van der Waals surface area contributed by atoms with Crippen LogP contribution < -0.4 is 11.1 Å². The summed E-state index contributed by atoms with van der Waals surface area (Å²) in [5.41, 5.74) is 6.09. The van der Waals surface area contributed by atoms with Crippen LogP contribution in [0.4, 0.5) is 0 Å². The van der Waals surface area contributed by atoms with E-state index in [4.69, 9.17) is 5.73 Å². The van der Waals surface area contributed by atoms with E-state index >= 15 is 0 Å². The first kappa shape index (κ1) is 15.5. The van der Waals surface area contributed by atoms with Gasteiger partial charge in [-0.05, 0) is 37.5 Å². The Labute approximate surface area is 113 Å². The van der Waals surface area contributed by atoms with Gasteiger partial charge in [-0.25, -0.2) is 0 Å². The molecule has 0 aliphatic heterocycles. The number of phenolic OH excluding ortho intramolecular Hbond substituents is 1. The van der Waals surface area contributed by atoms with Crippen molar-refractivity contribution in [2.24, 2.45) is 5.73 Å². The van der Waals surface area contributed by atoms with E-state index in [0.717, 1.165) is 5.56 Å². The highest BCUT2D eigenvalue weighted by atomic mass is 16.3. The van der Waals surface area contributed by atoms with E-state index in [0.29, 0.717) is 12.8 Å². The third kappa shape index (κ3) is 4.54. The van der Waals surface area contributed by atoms with Crippen molar-refractivity contribution < 1.29 is 15.0 Å². The van der Waals surface area contributed by atoms with Crippen molar-refractivity contribution in [1.82, 2.24) is 5.32 Å². The van der Waals surface area contributed by atoms with Gasteiger partial charge in [0, 0.05) is 0 Å². The molecule has 1 aromatic carbocycles. The minimum absolute atomic E-state index is 0.124. The van der Waals surface area contributed by atoms with Crippen LogP contribution in [0.2, 0.25) is 0 Å². The lowest BCUT2D eigenvalue weighted by atomic mass is 9.98. The number of aliphatic hydroxyl groups is 1. The third-order valence-electron chi connectivity index (χ3n) is 3.28. The molecule has 5 N–H and O–H groups in total. The molecule has 5 nitrogen and oxygen atoms in total. The largest absolute Gasteiger partial charge is 0.508 e. The third-order valence-corrected chi connectivity index (χ3v) is 3.28. The zero-order valence-corrected chi connectivity index (χ0v) is 11.4. The number of amides is 1. The van der Waals surface area contributed by atoms with Crippen LogP contribution in [-0.4, -0.2) is 34.3 Å². The predicted octanol–water partition coefficient (Wildman–Crippen LogP) is 0.539. The maximum atomic E-state index is 12.0. The maximum Gasteiger partial charge on any atom is 0.237 e. The number of aliphatic hydroxyl groups excluding tert-OH is 1. The lowest BCUT2D eigenvalue weighted by Gasteiger charge is -2.28. The van der Waals surface area contributed by atoms with Gasteiger partial charge in [0.2, 0.25) is 5.91 Å². The number of nitrogens with two attached hydrogens (primary N) is 1. The molecule has 0 spiro atoms. The Balaban J connectivity index is 2.60. The highest BCUT2D eigenvalue weighted by Crippen LogP contribution is 2.12. The average Bonchev–Trinajstić information content (AvgIpc) is 2.41. The summed E-state index contributed by atoms with van der Waals surface area (Å²) < 4.78 is 0. The molecule has 106 valence electrons. The van der Waals surface area contributed by atoms with E-state index in [1.807, 2.05) is 6.92 Å². The number of nitrogens with one attached hydrogen (secondary N) is 1. The zero-order valence-electron chi connectivity index (χ0n) is 11.4. The van der Waals surface area contributed by atoms with Crippen LogP contribution in [0.1, 0.15) is 25.8 Å². The minimum Gasteiger partial charge on any atom is -0.508 e. The molecule has 0 aromatic heterocycles. The number of aromatic hydroxyl groups is 1. The van der Waals surface area contributed by atoms with E-state index in [1.54, 1.807) is 31.2 Å². The van der Waals surface area contributed by atoms with Crippen LogP contribution in [0.5, 0.6) is 5.75 Å². The molecule has 1 aromatic rings. The number of rotatable bonds is 6. The number of carbonyl (C=O) groups is 1. The lowest BCUT2D eigenvalue weighted by molar-refractivity contribution is -0.124. The van der Waals surface area contributed by atoms with Gasteiger partial charge in [-0.3, -0.25) is 4.79 Å². The first-order valence-corrected chi connectivity index (χ1v) is 6.36. The summed E-state index contributed by atoms with van der Waals surface area (Å²) >= 11 is 0. The molecule has 0 saturated carbocycles. The van der Waals surface area contributed by atoms with E-state index in [-0.39, 0.29) is 18.3 Å². The molecule has 0 saturated heterocycles. The molecule has 1 unspecified atom stereocenters. The second-order valence-electron chi connectivity index (χ2n) is 5.04. The summed E-state index contributed by atoms with van der Waals surface area (Å²) in [6.07, 6.45) is 1.01. The Morgan fingerprint density at radius 2 is 2.00 bits per heavy atom. The number of hydrogen-bond acceptors (Lipinski definition) is 4. The second kappa shape index (κ2) is 6.54. The van der Waals surface area contributed by atoms with Crippen molar-refractivity contribution in [2.75, 3.05) is 6.61 Å². The zero-order chi connectivity index (χ0) is 14.5. The standard InChI is InChI=1S/C14H22N2O3/c1-3-14(2,9-17)16-13(19)12(15)8-10-4-6-11(18)7-5-10/h4-7,12,17-18H,3,8-9,15H2,1-2H3,(H,16,19)/t12-,14?/m0/s1. The van der Waals surface area contributed by atoms with Crippen molar-refractivity contribution in [3.8, 4) is 5.75 Å². The number of hydrogen-bond donors (Lipinski definition) is 4. The van der Waals surface area contributed by atoms with Gasteiger partial charge in [0.1, 0.15) is 5.75 Å². The van der Waals surface area contributed by atoms with Crippen LogP contribution in [-0.2, 0) is 11.2 Å². The summed E-state index contributed by atoms with van der Waals surface area (Å²) in [7, 11) is 0. The molecule has 0 aliphatic carbocycles. The summed E-state index contributed by atoms with van der Waals surface area (Å²) in [4.78, 5) is 12.0. The predicted molar refractivity (Wildman–Crippen MR) is 73.7 cm³/mol. The van der Waals surface area contributed by atoms with Gasteiger partial charge < -0.3 is 21.3 Å². The van der Waals surface area contributed by atoms with E-state index in [1.165, 1.54) is 0 Å². The molecule has 5 heteroatoms. The van der Waals surface area contributed by atoms with Gasteiger partial charge in [0.15, 0.2) is 0 Å². The van der Waals surface area contributed by atoms with Gasteiger partial charge in [0.25, 0.3) is 0 Å². The highest BCUT2D eigenvalue weighted by Gasteiger charge is 2.26. The first-order chi connectivity index (χ1) is 8.90.